The van der Waals surface area contributed by atoms with Crippen molar-refractivity contribution in [2.24, 2.45) is 29.4 Å². The van der Waals surface area contributed by atoms with Gasteiger partial charge in [0.05, 0.1) is 37.8 Å². The van der Waals surface area contributed by atoms with Crippen molar-refractivity contribution in [2.45, 2.75) is 213 Å². The van der Waals surface area contributed by atoms with Gasteiger partial charge in [-0.25, -0.2) is 9.59 Å². The van der Waals surface area contributed by atoms with E-state index in [-0.39, 0.29) is 72.6 Å². The number of nitrogens with two attached hydrogens (primary N) is 1. The molecule has 5 N–H and O–H groups in total. The van der Waals surface area contributed by atoms with Gasteiger partial charge in [0, 0.05) is 83.2 Å². The molecule has 0 aliphatic carbocycles. The van der Waals surface area contributed by atoms with Gasteiger partial charge in [0.1, 0.15) is 57.9 Å². The normalized spacial score (nSPS) is 24.2. The number of esters is 2. The van der Waals surface area contributed by atoms with Crippen LogP contribution in [0.5, 0.6) is 5.75 Å². The van der Waals surface area contributed by atoms with Crippen LogP contribution in [0.1, 0.15) is 172 Å². The highest BCUT2D eigenvalue weighted by Gasteiger charge is 2.64. The van der Waals surface area contributed by atoms with Crippen LogP contribution in [0.2, 0.25) is 5.02 Å². The number of aliphatic hydroxyl groups is 1. The molecule has 3 heterocycles. The van der Waals surface area contributed by atoms with Crippen LogP contribution >= 0.6 is 11.6 Å². The number of ether oxygens (including phenoxy) is 5. The molecule has 5 rings (SSSR count). The summed E-state index contributed by atoms with van der Waals surface area (Å²) < 4.78 is 29.9. The summed E-state index contributed by atoms with van der Waals surface area (Å²) in [6.07, 6.45) is 7.14. The topological polar surface area (TPSA) is 280 Å². The average molecular weight is 1250 g/mol. The van der Waals surface area contributed by atoms with E-state index in [0.717, 1.165) is 43.2 Å². The molecular formula is C67H96ClN5O15. The number of methoxy groups -OCH3 is 2. The van der Waals surface area contributed by atoms with Crippen LogP contribution in [0, 0.1) is 30.6 Å². The SMILES string of the molecule is CCC(CC)C(=O)CCCCCCC(=O)C[C@H](C(=O)N[C@@H](CCCNC(N)=O)C(=O)Cc1ccc(C(=O)N(C)[C@@H](C)C(=O)O[C@H]2CC(=O)N(C)c3cc(cc(OC)c3Cl)C/C(C)=C/C=C/[C@@H](OC)[C@]3(O)CC(=O)O[C@@H](C3)[C@@H](C)[C@@H]3O[C@@]23C)cc1C)C(C)C. The minimum Gasteiger partial charge on any atom is -0.495 e. The standard InChI is InChI=1S/C67H96ClN5O15/c1-14-45(15-2)52(75)25-19-17-16-18-23-48(74)35-49(39(3)4)62(79)71-50(24-21-29-70-65(69)82)53(76)34-46-27-28-47(31-41(46)6)63(80)72(10)43(8)64(81)87-57-36-58(77)73(11)51-32-44(33-54(84-12)60(51)68)30-40(5)22-20-26-56(85-13)67(83)37-55(86-59(78)38-67)42(7)61-66(57,9)88-61/h20,22,26-28,31-33,39,42-43,45,49-50,55-57,61,83H,14-19,21,23-25,29-30,34-38H2,1-13H3,(H,71,79)(H3,69,70,82)/b26-20+,40-22+/t42-,43+,49+,50+,55+,56-,57+,61+,66+,67-/m1/s1. The molecule has 10 atom stereocenters. The van der Waals surface area contributed by atoms with Gasteiger partial charge in [0.25, 0.3) is 5.91 Å². The molecule has 0 unspecified atom stereocenters. The molecule has 2 saturated heterocycles. The van der Waals surface area contributed by atoms with Crippen molar-refractivity contribution in [1.82, 2.24) is 15.5 Å². The maximum atomic E-state index is 14.5. The van der Waals surface area contributed by atoms with Gasteiger partial charge >= 0.3 is 18.0 Å². The number of fused-ring (bicyclic) bond motifs is 5. The molecule has 5 amide bonds. The molecule has 3 aliphatic heterocycles. The number of benzene rings is 2. The number of aryl methyl sites for hydroxylation is 1. The van der Waals surface area contributed by atoms with Gasteiger partial charge in [-0.3, -0.25) is 33.6 Å². The second kappa shape index (κ2) is 32.8. The van der Waals surface area contributed by atoms with Gasteiger partial charge in [0.15, 0.2) is 5.78 Å². The number of amides is 5. The van der Waals surface area contributed by atoms with Crippen LogP contribution in [0.25, 0.3) is 0 Å². The highest BCUT2D eigenvalue weighted by atomic mass is 35.5. The number of ketones is 3. The fourth-order valence-electron chi connectivity index (χ4n) is 12.0. The van der Waals surface area contributed by atoms with Gasteiger partial charge in [-0.2, -0.15) is 0 Å². The lowest BCUT2D eigenvalue weighted by molar-refractivity contribution is -0.187. The van der Waals surface area contributed by atoms with Gasteiger partial charge in [-0.05, 0) is 120 Å². The van der Waals surface area contributed by atoms with Gasteiger partial charge in [0.2, 0.25) is 11.8 Å². The van der Waals surface area contributed by atoms with Crippen LogP contribution in [0.3, 0.4) is 0 Å². The molecule has 20 nitrogen and oxygen atoms in total. The van der Waals surface area contributed by atoms with Crippen LogP contribution in [0.15, 0.2) is 54.1 Å². The Labute approximate surface area is 524 Å². The van der Waals surface area contributed by atoms with Crippen LogP contribution in [-0.2, 0) is 65.4 Å². The number of carbonyl (C=O) groups is 9. The number of Topliss-reactive ketones (excluding diaryl/α,β-unsaturated/α-hetero) is 3. The number of unbranched alkanes of at least 4 members (excludes halogenated alkanes) is 3. The number of primary amides is 1. The summed E-state index contributed by atoms with van der Waals surface area (Å²) in [7, 11) is 5.90. The average Bonchev–Trinajstić information content (AvgIpc) is 1.58. The van der Waals surface area contributed by atoms with Gasteiger partial charge in [-0.15, -0.1) is 0 Å². The van der Waals surface area contributed by atoms with Gasteiger partial charge < -0.3 is 55.0 Å². The highest BCUT2D eigenvalue weighted by Crippen LogP contribution is 2.50. The summed E-state index contributed by atoms with van der Waals surface area (Å²) in [6.45, 7) is 16.5. The Kier molecular flexibility index (Phi) is 27.0. The number of anilines is 1. The third-order valence-electron chi connectivity index (χ3n) is 18.0. The van der Waals surface area contributed by atoms with Crippen molar-refractivity contribution in [3.8, 4) is 5.75 Å². The number of epoxide rings is 1. The number of halogens is 1. The zero-order valence-electron chi connectivity index (χ0n) is 53.9. The number of carbonyl (C=O) groups excluding carboxylic acids is 9. The van der Waals surface area contributed by atoms with Crippen LogP contribution < -0.4 is 26.0 Å². The van der Waals surface area contributed by atoms with Gasteiger partial charge in [-0.1, -0.05) is 88.9 Å². The van der Waals surface area contributed by atoms with E-state index in [4.69, 9.17) is 41.0 Å². The first-order chi connectivity index (χ1) is 41.5. The minimum absolute atomic E-state index is 0.00685. The van der Waals surface area contributed by atoms with E-state index in [1.807, 2.05) is 40.7 Å². The highest BCUT2D eigenvalue weighted by molar-refractivity contribution is 6.35. The molecule has 0 radical (unpaired) electrons. The molecule has 486 valence electrons. The Morgan fingerprint density at radius 3 is 2.26 bits per heavy atom. The summed E-state index contributed by atoms with van der Waals surface area (Å²) in [5.74, 6) is -4.17. The first-order valence-electron chi connectivity index (χ1n) is 31.1. The number of urea groups is 1. The molecule has 2 aromatic carbocycles. The summed E-state index contributed by atoms with van der Waals surface area (Å²) in [5, 5.41) is 17.7. The Morgan fingerprint density at radius 2 is 1.64 bits per heavy atom. The molecule has 4 bridgehead atoms. The van der Waals surface area contributed by atoms with Crippen molar-refractivity contribution in [2.75, 3.05) is 39.8 Å². The fraction of sp³-hybridized carbons (Fsp3) is 0.627. The first kappa shape index (κ1) is 72.3. The smallest absolute Gasteiger partial charge is 0.328 e. The lowest BCUT2D eigenvalue weighted by Crippen LogP contribution is -2.53. The lowest BCUT2D eigenvalue weighted by Gasteiger charge is -2.41. The Hall–Kier alpha value is -6.48. The predicted octanol–water partition coefficient (Wildman–Crippen LogP) is 9.01. The number of hydrogen-bond donors (Lipinski definition) is 4. The molecule has 3 aliphatic rings. The zero-order valence-corrected chi connectivity index (χ0v) is 54.7. The Balaban J connectivity index is 1.32. The summed E-state index contributed by atoms with van der Waals surface area (Å²) in [4.78, 5) is 124. The molecule has 2 aromatic rings. The molecule has 2 fully saturated rings. The maximum absolute atomic E-state index is 14.5. The molecular weight excluding hydrogens is 1150 g/mol. The second-order valence-corrected chi connectivity index (χ2v) is 25.3. The number of allylic oxidation sites excluding steroid dienone is 3. The molecule has 21 heteroatoms. The summed E-state index contributed by atoms with van der Waals surface area (Å²) in [6, 6.07) is 5.38. The Bertz CT molecular complexity index is 2910. The van der Waals surface area contributed by atoms with E-state index >= 15 is 0 Å². The van der Waals surface area contributed by atoms with E-state index in [2.05, 4.69) is 10.6 Å². The minimum atomic E-state index is -1.66. The third kappa shape index (κ3) is 19.3. The monoisotopic (exact) mass is 1250 g/mol. The molecule has 88 heavy (non-hydrogen) atoms. The quantitative estimate of drug-likeness (QED) is 0.0351. The molecule has 0 spiro atoms. The van der Waals surface area contributed by atoms with E-state index in [1.165, 1.54) is 44.1 Å². The van der Waals surface area contributed by atoms with Crippen molar-refractivity contribution >= 4 is 70.3 Å². The van der Waals surface area contributed by atoms with E-state index in [1.54, 1.807) is 64.2 Å². The maximum Gasteiger partial charge on any atom is 0.328 e. The number of nitrogens with one attached hydrogen (secondary N) is 2. The van der Waals surface area contributed by atoms with E-state index in [9.17, 15) is 48.3 Å². The first-order valence-corrected chi connectivity index (χ1v) is 31.5. The lowest BCUT2D eigenvalue weighted by atomic mass is 9.78. The van der Waals surface area contributed by atoms with Crippen LogP contribution in [0.4, 0.5) is 10.5 Å². The predicted molar refractivity (Wildman–Crippen MR) is 335 cm³/mol. The molecule has 0 saturated carbocycles. The van der Waals surface area contributed by atoms with E-state index in [0.29, 0.717) is 60.5 Å². The number of nitrogens with zero attached hydrogens (tertiary/aromatic N) is 2. The van der Waals surface area contributed by atoms with Crippen molar-refractivity contribution < 1.29 is 71.9 Å². The summed E-state index contributed by atoms with van der Waals surface area (Å²) in [5.41, 5.74) is 5.66. The van der Waals surface area contributed by atoms with Crippen molar-refractivity contribution in [3.05, 3.63) is 81.4 Å². The number of hydrogen-bond acceptors (Lipinski definition) is 15. The second-order valence-electron chi connectivity index (χ2n) is 24.9. The van der Waals surface area contributed by atoms with Crippen molar-refractivity contribution in [3.63, 3.8) is 0 Å². The summed E-state index contributed by atoms with van der Waals surface area (Å²) >= 11 is 6.87. The number of likely N-dealkylation sites (N-methyl/N-ethyl adjacent to an activating group) is 1. The van der Waals surface area contributed by atoms with E-state index < -0.39 is 102 Å². The largest absolute Gasteiger partial charge is 0.495 e. The Morgan fingerprint density at radius 1 is 0.955 bits per heavy atom. The van der Waals surface area contributed by atoms with Crippen molar-refractivity contribution in [1.29, 1.82) is 0 Å². The third-order valence-corrected chi connectivity index (χ3v) is 18.4. The zero-order chi connectivity index (χ0) is 65.4. The fourth-order valence-corrected chi connectivity index (χ4v) is 12.3. The molecule has 0 aromatic heterocycles. The number of rotatable bonds is 28. The van der Waals surface area contributed by atoms with Crippen LogP contribution in [-0.4, -0.2) is 146 Å².